The number of halogens is 1. The minimum Gasteiger partial charge on any atom is -0.491 e. The fraction of sp³-hybridized carbons (Fsp3) is 0.250. The second-order valence-electron chi connectivity index (χ2n) is 7.03. The van der Waals surface area contributed by atoms with E-state index in [1.54, 1.807) is 0 Å². The Balaban J connectivity index is 1.85. The van der Waals surface area contributed by atoms with Gasteiger partial charge >= 0.3 is 11.9 Å². The highest BCUT2D eigenvalue weighted by atomic mass is 19.1. The molecule has 0 spiro atoms. The third-order valence-electron chi connectivity index (χ3n) is 4.66. The molecule has 11 nitrogen and oxygen atoms in total. The molecule has 3 heterocycles. The summed E-state index contributed by atoms with van der Waals surface area (Å²) in [4.78, 5) is 31.0. The topological polar surface area (TPSA) is 161 Å². The van der Waals surface area contributed by atoms with Crippen molar-refractivity contribution in [1.82, 2.24) is 19.7 Å². The van der Waals surface area contributed by atoms with Crippen molar-refractivity contribution in [2.75, 3.05) is 6.61 Å². The number of benzene rings is 1. The Hall–Kier alpha value is -4.24. The van der Waals surface area contributed by atoms with E-state index in [2.05, 4.69) is 27.0 Å². The molecule has 0 unspecified atom stereocenters. The lowest BCUT2D eigenvalue weighted by molar-refractivity contribution is 0.0639. The quantitative estimate of drug-likeness (QED) is 0.506. The van der Waals surface area contributed by atoms with Gasteiger partial charge in [-0.2, -0.15) is 4.98 Å². The lowest BCUT2D eigenvalue weighted by Crippen LogP contribution is -2.20. The van der Waals surface area contributed by atoms with Crippen LogP contribution < -0.4 is 4.74 Å². The third-order valence-corrected chi connectivity index (χ3v) is 4.66. The minimum absolute atomic E-state index is 0.0134. The first kappa shape index (κ1) is 21.0. The molecule has 0 saturated carbocycles. The van der Waals surface area contributed by atoms with Gasteiger partial charge in [-0.05, 0) is 13.0 Å². The summed E-state index contributed by atoms with van der Waals surface area (Å²) in [5.41, 5.74) is -3.03. The number of hydrogen-bond acceptors (Lipinski definition) is 8. The summed E-state index contributed by atoms with van der Waals surface area (Å²) in [5, 5.41) is 33.0. The second-order valence-corrected chi connectivity index (χ2v) is 7.03. The highest BCUT2D eigenvalue weighted by Crippen LogP contribution is 2.35. The van der Waals surface area contributed by atoms with Crippen molar-refractivity contribution >= 4 is 11.9 Å². The molecule has 0 saturated heterocycles. The van der Waals surface area contributed by atoms with Crippen molar-refractivity contribution in [3.8, 4) is 29.0 Å². The van der Waals surface area contributed by atoms with Gasteiger partial charge in [0.05, 0.1) is 17.7 Å². The van der Waals surface area contributed by atoms with E-state index < -0.39 is 34.7 Å². The number of aromatic nitrogens is 4. The smallest absolute Gasteiger partial charge is 0.357 e. The standard InChI is InChI=1S/C20H15FN4O7/c1-9-22-19(24-32-9)20(2,30)4-3-10-7-11-13(8-12(10)21)31-6-5-25-15(18(28)29)14(17(26)27)23-16(11)25/h7-8,30H,5-6H2,1-2H3,(H,26,27)(H,28,29)/t20-/m1/s1. The maximum absolute atomic E-state index is 14.7. The van der Waals surface area contributed by atoms with Gasteiger partial charge in [-0.15, -0.1) is 0 Å². The summed E-state index contributed by atoms with van der Waals surface area (Å²) in [7, 11) is 0. The van der Waals surface area contributed by atoms with Gasteiger partial charge in [0.15, 0.2) is 17.0 Å². The van der Waals surface area contributed by atoms with Gasteiger partial charge in [-0.1, -0.05) is 17.0 Å². The molecule has 164 valence electrons. The van der Waals surface area contributed by atoms with E-state index in [1.165, 1.54) is 24.5 Å². The van der Waals surface area contributed by atoms with E-state index in [0.717, 1.165) is 6.07 Å². The Kier molecular flexibility index (Phi) is 4.90. The van der Waals surface area contributed by atoms with Crippen LogP contribution in [0.25, 0.3) is 11.4 Å². The highest BCUT2D eigenvalue weighted by molar-refractivity contribution is 6.00. The van der Waals surface area contributed by atoms with E-state index in [0.29, 0.717) is 0 Å². The number of fused-ring (bicyclic) bond motifs is 3. The van der Waals surface area contributed by atoms with E-state index in [4.69, 9.17) is 9.26 Å². The third kappa shape index (κ3) is 3.54. The number of imidazole rings is 1. The molecule has 1 atom stereocenters. The van der Waals surface area contributed by atoms with E-state index in [1.807, 2.05) is 0 Å². The van der Waals surface area contributed by atoms with Crippen LogP contribution in [0.3, 0.4) is 0 Å². The molecular weight excluding hydrogens is 427 g/mol. The number of ether oxygens (including phenoxy) is 1. The summed E-state index contributed by atoms with van der Waals surface area (Å²) in [6.07, 6.45) is 0. The Morgan fingerprint density at radius 2 is 2.00 bits per heavy atom. The Morgan fingerprint density at radius 1 is 1.25 bits per heavy atom. The Bertz CT molecular complexity index is 1330. The van der Waals surface area contributed by atoms with Crippen LogP contribution >= 0.6 is 0 Å². The Labute approximate surface area is 179 Å². The summed E-state index contributed by atoms with van der Waals surface area (Å²) in [6.45, 7) is 2.79. The summed E-state index contributed by atoms with van der Waals surface area (Å²) >= 11 is 0. The predicted octanol–water partition coefficient (Wildman–Crippen LogP) is 1.43. The van der Waals surface area contributed by atoms with Crippen LogP contribution in [0.15, 0.2) is 16.7 Å². The van der Waals surface area contributed by atoms with Crippen molar-refractivity contribution in [2.45, 2.75) is 26.0 Å². The normalized spacial score (nSPS) is 14.1. The van der Waals surface area contributed by atoms with Gasteiger partial charge in [0.1, 0.15) is 24.0 Å². The van der Waals surface area contributed by atoms with Crippen molar-refractivity contribution < 1.29 is 38.6 Å². The zero-order valence-corrected chi connectivity index (χ0v) is 16.7. The number of carboxylic acids is 2. The largest absolute Gasteiger partial charge is 0.491 e. The van der Waals surface area contributed by atoms with Gasteiger partial charge in [0.2, 0.25) is 11.7 Å². The number of aliphatic hydroxyl groups is 1. The first-order valence-electron chi connectivity index (χ1n) is 9.18. The first-order valence-corrected chi connectivity index (χ1v) is 9.18. The van der Waals surface area contributed by atoms with Crippen molar-refractivity contribution in [1.29, 1.82) is 0 Å². The molecule has 32 heavy (non-hydrogen) atoms. The maximum Gasteiger partial charge on any atom is 0.357 e. The zero-order chi connectivity index (χ0) is 23.2. The van der Waals surface area contributed by atoms with Gasteiger partial charge < -0.3 is 29.1 Å². The predicted molar refractivity (Wildman–Crippen MR) is 103 cm³/mol. The molecule has 1 aromatic carbocycles. The molecule has 0 amide bonds. The minimum atomic E-state index is -1.85. The molecule has 1 aliphatic heterocycles. The van der Waals surface area contributed by atoms with Gasteiger partial charge in [0, 0.05) is 13.0 Å². The van der Waals surface area contributed by atoms with Crippen LogP contribution in [0.2, 0.25) is 0 Å². The average Bonchev–Trinajstić information content (AvgIpc) is 3.28. The van der Waals surface area contributed by atoms with Crippen LogP contribution in [0.1, 0.15) is 45.2 Å². The molecular formula is C20H15FN4O7. The molecule has 1 aliphatic rings. The summed E-state index contributed by atoms with van der Waals surface area (Å²) in [6, 6.07) is 2.29. The number of aromatic carboxylic acids is 2. The van der Waals surface area contributed by atoms with Gasteiger partial charge in [-0.3, -0.25) is 0 Å². The second kappa shape index (κ2) is 7.47. The molecule has 0 bridgehead atoms. The van der Waals surface area contributed by atoms with E-state index >= 15 is 0 Å². The molecule has 12 heteroatoms. The fourth-order valence-electron chi connectivity index (χ4n) is 3.18. The zero-order valence-electron chi connectivity index (χ0n) is 16.7. The van der Waals surface area contributed by atoms with Crippen molar-refractivity contribution in [2.24, 2.45) is 0 Å². The number of aryl methyl sites for hydroxylation is 1. The highest BCUT2D eigenvalue weighted by Gasteiger charge is 2.31. The SMILES string of the molecule is Cc1nc([C@](C)(O)C#Cc2cc3c(cc2F)OCCn2c-3nc(C(=O)O)c2C(=O)O)no1. The van der Waals surface area contributed by atoms with Gasteiger partial charge in [0.25, 0.3) is 0 Å². The molecule has 3 aromatic rings. The monoisotopic (exact) mass is 442 g/mol. The number of carboxylic acid groups (broad SMARTS) is 2. The van der Waals surface area contributed by atoms with Crippen LogP contribution in [-0.4, -0.2) is 53.6 Å². The van der Waals surface area contributed by atoms with Crippen LogP contribution in [0.5, 0.6) is 5.75 Å². The van der Waals surface area contributed by atoms with Crippen molar-refractivity contribution in [3.63, 3.8) is 0 Å². The number of carbonyl (C=O) groups is 2. The van der Waals surface area contributed by atoms with Crippen LogP contribution in [-0.2, 0) is 12.1 Å². The number of hydrogen-bond donors (Lipinski definition) is 3. The van der Waals surface area contributed by atoms with Crippen LogP contribution in [0, 0.1) is 24.6 Å². The first-order chi connectivity index (χ1) is 15.1. The van der Waals surface area contributed by atoms with E-state index in [-0.39, 0.29) is 47.6 Å². The van der Waals surface area contributed by atoms with Crippen LogP contribution in [0.4, 0.5) is 4.39 Å². The lowest BCUT2D eigenvalue weighted by Gasteiger charge is -2.11. The molecule has 0 fully saturated rings. The Morgan fingerprint density at radius 3 is 2.62 bits per heavy atom. The molecule has 4 rings (SSSR count). The molecule has 3 N–H and O–H groups in total. The van der Waals surface area contributed by atoms with Gasteiger partial charge in [-0.25, -0.2) is 19.0 Å². The number of nitrogens with zero attached hydrogens (tertiary/aromatic N) is 4. The maximum atomic E-state index is 14.7. The van der Waals surface area contributed by atoms with Crippen molar-refractivity contribution in [3.05, 3.63) is 46.6 Å². The average molecular weight is 442 g/mol. The summed E-state index contributed by atoms with van der Waals surface area (Å²) in [5.74, 6) is 1.36. The molecule has 2 aromatic heterocycles. The summed E-state index contributed by atoms with van der Waals surface area (Å²) < 4.78 is 26.2. The number of rotatable bonds is 3. The lowest BCUT2D eigenvalue weighted by atomic mass is 10.0. The van der Waals surface area contributed by atoms with E-state index in [9.17, 15) is 29.3 Å². The molecule has 0 aliphatic carbocycles. The fourth-order valence-corrected chi connectivity index (χ4v) is 3.18. The molecule has 0 radical (unpaired) electrons.